The number of nitrogens with one attached hydrogen (secondary N) is 1. The van der Waals surface area contributed by atoms with Gasteiger partial charge in [-0.25, -0.2) is 0 Å². The molecule has 5 heteroatoms. The van der Waals surface area contributed by atoms with Gasteiger partial charge in [0.25, 0.3) is 0 Å². The van der Waals surface area contributed by atoms with Crippen molar-refractivity contribution in [3.63, 3.8) is 0 Å². The third-order valence-electron chi connectivity index (χ3n) is 2.69. The first-order valence-electron chi connectivity index (χ1n) is 6.25. The summed E-state index contributed by atoms with van der Waals surface area (Å²) in [5, 5.41) is 3.39. The van der Waals surface area contributed by atoms with Gasteiger partial charge in [-0.1, -0.05) is 6.08 Å². The van der Waals surface area contributed by atoms with Crippen molar-refractivity contribution in [3.05, 3.63) is 34.5 Å². The highest BCUT2D eigenvalue weighted by Crippen LogP contribution is 2.14. The molecule has 0 aromatic carbocycles. The predicted octanol–water partition coefficient (Wildman–Crippen LogP) is 3.65. The molecule has 1 heterocycles. The smallest absolute Gasteiger partial charge is 0.193 e. The molecular formula is C14H24IN3S. The van der Waals surface area contributed by atoms with Crippen LogP contribution in [0.2, 0.25) is 0 Å². The van der Waals surface area contributed by atoms with Crippen LogP contribution in [-0.2, 0) is 6.54 Å². The summed E-state index contributed by atoms with van der Waals surface area (Å²) in [6.45, 7) is 7.71. The number of halogens is 1. The average molecular weight is 393 g/mol. The molecule has 1 rings (SSSR count). The Labute approximate surface area is 137 Å². The fourth-order valence-electron chi connectivity index (χ4n) is 1.71. The summed E-state index contributed by atoms with van der Waals surface area (Å²) in [6, 6.07) is 4.32. The molecule has 0 fully saturated rings. The SMILES string of the molecule is C=CCCCN(C)C(=NC)NCc1ccc(C)s1.I. The van der Waals surface area contributed by atoms with E-state index in [1.54, 1.807) is 0 Å². The average Bonchev–Trinajstić information content (AvgIpc) is 2.76. The summed E-state index contributed by atoms with van der Waals surface area (Å²) in [7, 11) is 3.89. The van der Waals surface area contributed by atoms with Crippen LogP contribution < -0.4 is 5.32 Å². The number of allylic oxidation sites excluding steroid dienone is 1. The second kappa shape index (κ2) is 10.3. The van der Waals surface area contributed by atoms with Crippen LogP contribution >= 0.6 is 35.3 Å². The van der Waals surface area contributed by atoms with E-state index in [1.807, 2.05) is 24.5 Å². The lowest BCUT2D eigenvalue weighted by Crippen LogP contribution is -2.38. The number of rotatable bonds is 6. The highest BCUT2D eigenvalue weighted by Gasteiger charge is 2.05. The van der Waals surface area contributed by atoms with Gasteiger partial charge in [0.15, 0.2) is 5.96 Å². The van der Waals surface area contributed by atoms with Crippen LogP contribution in [0.4, 0.5) is 0 Å². The molecule has 0 radical (unpaired) electrons. The molecule has 0 saturated carbocycles. The molecule has 0 aliphatic rings. The number of aliphatic imine (C=N–C) groups is 1. The quantitative estimate of drug-likeness (QED) is 0.263. The molecule has 108 valence electrons. The maximum Gasteiger partial charge on any atom is 0.193 e. The number of thiophene rings is 1. The Kier molecular flexibility index (Phi) is 9.95. The largest absolute Gasteiger partial charge is 0.351 e. The van der Waals surface area contributed by atoms with Gasteiger partial charge < -0.3 is 10.2 Å². The van der Waals surface area contributed by atoms with Gasteiger partial charge >= 0.3 is 0 Å². The number of hydrogen-bond donors (Lipinski definition) is 1. The first kappa shape index (κ1) is 18.4. The summed E-state index contributed by atoms with van der Waals surface area (Å²) < 4.78 is 0. The van der Waals surface area contributed by atoms with Crippen molar-refractivity contribution in [3.8, 4) is 0 Å². The molecule has 1 N–H and O–H groups in total. The summed E-state index contributed by atoms with van der Waals surface area (Å²) in [4.78, 5) is 9.14. The van der Waals surface area contributed by atoms with E-state index in [9.17, 15) is 0 Å². The first-order valence-corrected chi connectivity index (χ1v) is 7.07. The topological polar surface area (TPSA) is 27.6 Å². The zero-order valence-electron chi connectivity index (χ0n) is 12.0. The molecule has 0 atom stereocenters. The van der Waals surface area contributed by atoms with Crippen molar-refractivity contribution in [2.45, 2.75) is 26.3 Å². The second-order valence-corrected chi connectivity index (χ2v) is 5.64. The predicted molar refractivity (Wildman–Crippen MR) is 96.7 cm³/mol. The van der Waals surface area contributed by atoms with Crippen molar-refractivity contribution in [1.82, 2.24) is 10.2 Å². The van der Waals surface area contributed by atoms with Crippen LogP contribution in [0.15, 0.2) is 29.8 Å². The van der Waals surface area contributed by atoms with Crippen LogP contribution in [0, 0.1) is 6.92 Å². The molecule has 3 nitrogen and oxygen atoms in total. The standard InChI is InChI=1S/C14H23N3S.HI/c1-5-6-7-10-17(4)14(15-3)16-11-13-9-8-12(2)18-13;/h5,8-9H,1,6-7,10-11H2,2-4H3,(H,15,16);1H. The van der Waals surface area contributed by atoms with Gasteiger partial charge in [0, 0.05) is 30.4 Å². The Morgan fingerprint density at radius 3 is 2.79 bits per heavy atom. The van der Waals surface area contributed by atoms with Gasteiger partial charge in [0.2, 0.25) is 0 Å². The van der Waals surface area contributed by atoms with Gasteiger partial charge in [-0.15, -0.1) is 41.9 Å². The zero-order valence-corrected chi connectivity index (χ0v) is 15.1. The number of nitrogens with zero attached hydrogens (tertiary/aromatic N) is 2. The summed E-state index contributed by atoms with van der Waals surface area (Å²) >= 11 is 1.82. The maximum atomic E-state index is 4.30. The fraction of sp³-hybridized carbons (Fsp3) is 0.500. The zero-order chi connectivity index (χ0) is 13.4. The van der Waals surface area contributed by atoms with Crippen molar-refractivity contribution in [1.29, 1.82) is 0 Å². The van der Waals surface area contributed by atoms with E-state index in [0.29, 0.717) is 0 Å². The second-order valence-electron chi connectivity index (χ2n) is 4.27. The van der Waals surface area contributed by atoms with E-state index < -0.39 is 0 Å². The van der Waals surface area contributed by atoms with Gasteiger partial charge in [0.1, 0.15) is 0 Å². The third kappa shape index (κ3) is 6.96. The molecule has 0 saturated heterocycles. The van der Waals surface area contributed by atoms with Crippen LogP contribution in [0.5, 0.6) is 0 Å². The molecule has 0 bridgehead atoms. The molecule has 1 aromatic rings. The number of guanidine groups is 1. The lowest BCUT2D eigenvalue weighted by atomic mass is 10.3. The molecular weight excluding hydrogens is 369 g/mol. The molecule has 0 amide bonds. The lowest BCUT2D eigenvalue weighted by molar-refractivity contribution is 0.470. The Morgan fingerprint density at radius 1 is 1.53 bits per heavy atom. The van der Waals surface area contributed by atoms with E-state index >= 15 is 0 Å². The normalized spacial score (nSPS) is 10.8. The van der Waals surface area contributed by atoms with Crippen LogP contribution in [0.3, 0.4) is 0 Å². The van der Waals surface area contributed by atoms with Gasteiger partial charge in [-0.3, -0.25) is 4.99 Å². The fourth-order valence-corrected chi connectivity index (χ4v) is 2.54. The number of hydrogen-bond acceptors (Lipinski definition) is 2. The van der Waals surface area contributed by atoms with Gasteiger partial charge in [-0.2, -0.15) is 0 Å². The molecule has 0 unspecified atom stereocenters. The van der Waals surface area contributed by atoms with Crippen LogP contribution in [-0.4, -0.2) is 31.5 Å². The highest BCUT2D eigenvalue weighted by atomic mass is 127. The lowest BCUT2D eigenvalue weighted by Gasteiger charge is -2.21. The van der Waals surface area contributed by atoms with Crippen LogP contribution in [0.1, 0.15) is 22.6 Å². The van der Waals surface area contributed by atoms with Crippen LogP contribution in [0.25, 0.3) is 0 Å². The van der Waals surface area contributed by atoms with E-state index in [1.165, 1.54) is 9.75 Å². The first-order chi connectivity index (χ1) is 8.67. The molecule has 0 aliphatic heterocycles. The van der Waals surface area contributed by atoms with Gasteiger partial charge in [-0.05, 0) is 31.9 Å². The third-order valence-corrected chi connectivity index (χ3v) is 3.69. The molecule has 1 aromatic heterocycles. The minimum atomic E-state index is 0. The van der Waals surface area contributed by atoms with E-state index in [2.05, 4.69) is 47.9 Å². The Morgan fingerprint density at radius 2 is 2.26 bits per heavy atom. The van der Waals surface area contributed by atoms with Crippen molar-refractivity contribution >= 4 is 41.3 Å². The summed E-state index contributed by atoms with van der Waals surface area (Å²) in [5.74, 6) is 0.949. The van der Waals surface area contributed by atoms with Crippen molar-refractivity contribution in [2.75, 3.05) is 20.6 Å². The number of unbranched alkanes of at least 4 members (excludes halogenated alkanes) is 1. The van der Waals surface area contributed by atoms with E-state index in [4.69, 9.17) is 0 Å². The molecule has 0 aliphatic carbocycles. The van der Waals surface area contributed by atoms with Crippen molar-refractivity contribution < 1.29 is 0 Å². The monoisotopic (exact) mass is 393 g/mol. The van der Waals surface area contributed by atoms with Crippen molar-refractivity contribution in [2.24, 2.45) is 4.99 Å². The minimum absolute atomic E-state index is 0. The molecule has 19 heavy (non-hydrogen) atoms. The summed E-state index contributed by atoms with van der Waals surface area (Å²) in [6.07, 6.45) is 4.11. The molecule has 0 spiro atoms. The summed E-state index contributed by atoms with van der Waals surface area (Å²) in [5.41, 5.74) is 0. The Balaban J connectivity index is 0.00000324. The van der Waals surface area contributed by atoms with Gasteiger partial charge in [0.05, 0.1) is 6.54 Å². The van der Waals surface area contributed by atoms with E-state index in [-0.39, 0.29) is 24.0 Å². The maximum absolute atomic E-state index is 4.30. The Bertz CT molecular complexity index is 401. The number of aryl methyl sites for hydroxylation is 1. The Hall–Kier alpha value is -0.560. The highest BCUT2D eigenvalue weighted by molar-refractivity contribution is 14.0. The van der Waals surface area contributed by atoms with E-state index in [0.717, 1.165) is 31.9 Å². The minimum Gasteiger partial charge on any atom is -0.351 e.